The van der Waals surface area contributed by atoms with Gasteiger partial charge in [0.2, 0.25) is 0 Å². The molecular formula is C12H10N2O3. The molecule has 0 atom stereocenters. The molecule has 0 saturated heterocycles. The first-order valence-corrected chi connectivity index (χ1v) is 5.43. The van der Waals surface area contributed by atoms with Crippen molar-refractivity contribution in [1.82, 2.24) is 9.55 Å². The summed E-state index contributed by atoms with van der Waals surface area (Å²) >= 11 is 0. The van der Waals surface area contributed by atoms with Crippen LogP contribution in [0.25, 0.3) is 10.9 Å². The molecule has 1 aliphatic heterocycles. The van der Waals surface area contributed by atoms with Gasteiger partial charge in [0, 0.05) is 13.0 Å². The van der Waals surface area contributed by atoms with E-state index in [-0.39, 0.29) is 11.1 Å². The number of carboxylic acids is 1. The van der Waals surface area contributed by atoms with Crippen LogP contribution in [0.4, 0.5) is 0 Å². The number of aromatic carboxylic acids is 1. The second-order valence-corrected chi connectivity index (χ2v) is 4.13. The zero-order valence-corrected chi connectivity index (χ0v) is 9.01. The van der Waals surface area contributed by atoms with Gasteiger partial charge in [-0.05, 0) is 24.6 Å². The minimum Gasteiger partial charge on any atom is -0.478 e. The van der Waals surface area contributed by atoms with E-state index in [9.17, 15) is 9.59 Å². The zero-order chi connectivity index (χ0) is 12.0. The third kappa shape index (κ3) is 1.43. The standard InChI is InChI=1S/C12H10N2O3/c15-11-8-6-7(12(16)17)3-4-9(8)13-10-2-1-5-14(10)11/h3-4,6H,1-2,5H2,(H,16,17). The monoisotopic (exact) mass is 230 g/mol. The van der Waals surface area contributed by atoms with Crippen molar-refractivity contribution in [3.05, 3.63) is 39.9 Å². The molecule has 0 bridgehead atoms. The summed E-state index contributed by atoms with van der Waals surface area (Å²) in [5, 5.41) is 9.28. The van der Waals surface area contributed by atoms with Crippen molar-refractivity contribution in [1.29, 1.82) is 0 Å². The van der Waals surface area contributed by atoms with Crippen molar-refractivity contribution in [2.75, 3.05) is 0 Å². The molecule has 1 aliphatic rings. The third-order valence-electron chi connectivity index (χ3n) is 3.06. The lowest BCUT2D eigenvalue weighted by atomic mass is 10.1. The van der Waals surface area contributed by atoms with Crippen LogP contribution in [-0.2, 0) is 13.0 Å². The molecule has 0 unspecified atom stereocenters. The molecule has 86 valence electrons. The average Bonchev–Trinajstić information content (AvgIpc) is 2.77. The topological polar surface area (TPSA) is 72.2 Å². The Balaban J connectivity index is 2.37. The first-order valence-electron chi connectivity index (χ1n) is 5.43. The van der Waals surface area contributed by atoms with Crippen LogP contribution in [0.3, 0.4) is 0 Å². The average molecular weight is 230 g/mol. The molecule has 2 heterocycles. The Morgan fingerprint density at radius 3 is 3.00 bits per heavy atom. The number of nitrogens with zero attached hydrogens (tertiary/aromatic N) is 2. The highest BCUT2D eigenvalue weighted by Gasteiger charge is 2.16. The maximum atomic E-state index is 12.1. The fourth-order valence-electron chi connectivity index (χ4n) is 2.22. The van der Waals surface area contributed by atoms with Crippen LogP contribution < -0.4 is 5.56 Å². The van der Waals surface area contributed by atoms with Crippen molar-refractivity contribution >= 4 is 16.9 Å². The predicted molar refractivity (Wildman–Crippen MR) is 61.3 cm³/mol. The van der Waals surface area contributed by atoms with Crippen LogP contribution in [0, 0.1) is 0 Å². The number of hydrogen-bond donors (Lipinski definition) is 1. The van der Waals surface area contributed by atoms with Gasteiger partial charge in [0.1, 0.15) is 5.82 Å². The fourth-order valence-corrected chi connectivity index (χ4v) is 2.22. The molecule has 3 rings (SSSR count). The summed E-state index contributed by atoms with van der Waals surface area (Å²) in [7, 11) is 0. The maximum absolute atomic E-state index is 12.1. The van der Waals surface area contributed by atoms with Gasteiger partial charge in [-0.25, -0.2) is 9.78 Å². The van der Waals surface area contributed by atoms with Crippen molar-refractivity contribution in [3.8, 4) is 0 Å². The van der Waals surface area contributed by atoms with Gasteiger partial charge >= 0.3 is 5.97 Å². The van der Waals surface area contributed by atoms with Crippen LogP contribution in [0.15, 0.2) is 23.0 Å². The minimum atomic E-state index is -1.03. The number of fused-ring (bicyclic) bond motifs is 2. The maximum Gasteiger partial charge on any atom is 0.335 e. The van der Waals surface area contributed by atoms with Gasteiger partial charge in [-0.3, -0.25) is 9.36 Å². The molecule has 1 aromatic carbocycles. The molecule has 2 aromatic rings. The number of benzene rings is 1. The summed E-state index contributed by atoms with van der Waals surface area (Å²) in [6.45, 7) is 0.675. The summed E-state index contributed by atoms with van der Waals surface area (Å²) < 4.78 is 1.63. The Morgan fingerprint density at radius 2 is 2.24 bits per heavy atom. The zero-order valence-electron chi connectivity index (χ0n) is 9.01. The summed E-state index contributed by atoms with van der Waals surface area (Å²) in [4.78, 5) is 27.4. The Morgan fingerprint density at radius 1 is 1.41 bits per heavy atom. The molecule has 1 aromatic heterocycles. The van der Waals surface area contributed by atoms with Gasteiger partial charge in [-0.15, -0.1) is 0 Å². The quantitative estimate of drug-likeness (QED) is 0.794. The molecule has 0 amide bonds. The second kappa shape index (κ2) is 3.41. The van der Waals surface area contributed by atoms with E-state index in [0.29, 0.717) is 17.4 Å². The highest BCUT2D eigenvalue weighted by Crippen LogP contribution is 2.15. The molecule has 0 saturated carbocycles. The first kappa shape index (κ1) is 10.0. The highest BCUT2D eigenvalue weighted by atomic mass is 16.4. The molecule has 1 N–H and O–H groups in total. The number of carboxylic acid groups (broad SMARTS) is 1. The van der Waals surface area contributed by atoms with Gasteiger partial charge in [-0.2, -0.15) is 0 Å². The predicted octanol–water partition coefficient (Wildman–Crippen LogP) is 1.04. The lowest BCUT2D eigenvalue weighted by Crippen LogP contribution is -2.21. The second-order valence-electron chi connectivity index (χ2n) is 4.13. The lowest BCUT2D eigenvalue weighted by molar-refractivity contribution is 0.0697. The van der Waals surface area contributed by atoms with Crippen LogP contribution in [0.1, 0.15) is 22.6 Å². The van der Waals surface area contributed by atoms with E-state index in [1.165, 1.54) is 12.1 Å². The van der Waals surface area contributed by atoms with E-state index < -0.39 is 5.97 Å². The van der Waals surface area contributed by atoms with Crippen LogP contribution in [0.2, 0.25) is 0 Å². The summed E-state index contributed by atoms with van der Waals surface area (Å²) in [6, 6.07) is 4.47. The Kier molecular flexibility index (Phi) is 2.01. The number of carbonyl (C=O) groups is 1. The van der Waals surface area contributed by atoms with Gasteiger partial charge in [0.15, 0.2) is 0 Å². The van der Waals surface area contributed by atoms with E-state index in [1.807, 2.05) is 0 Å². The van der Waals surface area contributed by atoms with Crippen LogP contribution >= 0.6 is 0 Å². The SMILES string of the molecule is O=C(O)c1ccc2nc3n(c(=O)c2c1)CCC3. The molecular weight excluding hydrogens is 220 g/mol. The van der Waals surface area contributed by atoms with E-state index in [1.54, 1.807) is 10.6 Å². The Hall–Kier alpha value is -2.17. The van der Waals surface area contributed by atoms with E-state index in [2.05, 4.69) is 4.98 Å². The summed E-state index contributed by atoms with van der Waals surface area (Å²) in [5.74, 6) is -0.234. The van der Waals surface area contributed by atoms with Crippen molar-refractivity contribution in [2.45, 2.75) is 19.4 Å². The molecule has 5 nitrogen and oxygen atoms in total. The molecule has 0 fully saturated rings. The molecule has 17 heavy (non-hydrogen) atoms. The van der Waals surface area contributed by atoms with Crippen molar-refractivity contribution in [3.63, 3.8) is 0 Å². The molecule has 5 heteroatoms. The van der Waals surface area contributed by atoms with Crippen LogP contribution in [-0.4, -0.2) is 20.6 Å². The summed E-state index contributed by atoms with van der Waals surface area (Å²) in [5.41, 5.74) is 0.564. The number of aromatic nitrogens is 2. The fraction of sp³-hybridized carbons (Fsp3) is 0.250. The van der Waals surface area contributed by atoms with E-state index in [4.69, 9.17) is 5.11 Å². The van der Waals surface area contributed by atoms with Gasteiger partial charge in [0.05, 0.1) is 16.5 Å². The smallest absolute Gasteiger partial charge is 0.335 e. The number of rotatable bonds is 1. The normalized spacial score (nSPS) is 13.9. The summed E-state index contributed by atoms with van der Waals surface area (Å²) in [6.07, 6.45) is 1.73. The van der Waals surface area contributed by atoms with Gasteiger partial charge < -0.3 is 5.11 Å². The number of hydrogen-bond acceptors (Lipinski definition) is 3. The Bertz CT molecular complexity index is 688. The lowest BCUT2D eigenvalue weighted by Gasteiger charge is -2.05. The third-order valence-corrected chi connectivity index (χ3v) is 3.06. The Labute approximate surface area is 96.3 Å². The highest BCUT2D eigenvalue weighted by molar-refractivity contribution is 5.93. The van der Waals surface area contributed by atoms with Gasteiger partial charge in [0.25, 0.3) is 5.56 Å². The number of aryl methyl sites for hydroxylation is 1. The minimum absolute atomic E-state index is 0.120. The molecule has 0 spiro atoms. The van der Waals surface area contributed by atoms with Crippen LogP contribution in [0.5, 0.6) is 0 Å². The molecule has 0 aliphatic carbocycles. The van der Waals surface area contributed by atoms with E-state index >= 15 is 0 Å². The largest absolute Gasteiger partial charge is 0.478 e. The van der Waals surface area contributed by atoms with E-state index in [0.717, 1.165) is 18.7 Å². The van der Waals surface area contributed by atoms with Crippen molar-refractivity contribution in [2.24, 2.45) is 0 Å². The van der Waals surface area contributed by atoms with Crippen molar-refractivity contribution < 1.29 is 9.90 Å². The first-order chi connectivity index (χ1) is 8.16. The van der Waals surface area contributed by atoms with Gasteiger partial charge in [-0.1, -0.05) is 0 Å². The molecule has 0 radical (unpaired) electrons.